The van der Waals surface area contributed by atoms with E-state index in [1.807, 2.05) is 0 Å². The van der Waals surface area contributed by atoms with Crippen LogP contribution < -0.4 is 5.32 Å². The quantitative estimate of drug-likeness (QED) is 0.824. The van der Waals surface area contributed by atoms with Gasteiger partial charge in [0.25, 0.3) is 5.91 Å². The van der Waals surface area contributed by atoms with Gasteiger partial charge in [-0.1, -0.05) is 5.57 Å². The van der Waals surface area contributed by atoms with Crippen molar-refractivity contribution in [3.8, 4) is 0 Å². The molecule has 0 aliphatic carbocycles. The summed E-state index contributed by atoms with van der Waals surface area (Å²) in [5, 5.41) is 11.3. The zero-order chi connectivity index (χ0) is 15.8. The highest BCUT2D eigenvalue weighted by molar-refractivity contribution is 7.91. The summed E-state index contributed by atoms with van der Waals surface area (Å²) in [6.07, 6.45) is -0.452. The third kappa shape index (κ3) is 2.97. The molecule has 0 saturated heterocycles. The Morgan fingerprint density at radius 1 is 1.29 bits per heavy atom. The Morgan fingerprint density at radius 3 is 2.52 bits per heavy atom. The molecule has 0 bridgehead atoms. The van der Waals surface area contributed by atoms with Crippen LogP contribution in [0.3, 0.4) is 0 Å². The summed E-state index contributed by atoms with van der Waals surface area (Å²) in [5.41, 5.74) is 2.34. The lowest BCUT2D eigenvalue weighted by atomic mass is 10.0. The fourth-order valence-electron chi connectivity index (χ4n) is 2.18. The second kappa shape index (κ2) is 5.33. The fourth-order valence-corrected chi connectivity index (χ4v) is 3.43. The first-order valence-electron chi connectivity index (χ1n) is 6.30. The predicted octanol–water partition coefficient (Wildman–Crippen LogP) is 1.68. The minimum atomic E-state index is -3.69. The third-order valence-corrected chi connectivity index (χ3v) is 4.89. The van der Waals surface area contributed by atoms with Crippen LogP contribution in [0.1, 0.15) is 25.8 Å². The van der Waals surface area contributed by atoms with Crippen molar-refractivity contribution in [2.24, 2.45) is 0 Å². The second-order valence-corrected chi connectivity index (χ2v) is 7.11. The molecular weight excluding hydrogens is 294 g/mol. The Hall–Kier alpha value is -2.15. The Labute approximate surface area is 122 Å². The van der Waals surface area contributed by atoms with E-state index < -0.39 is 28.0 Å². The van der Waals surface area contributed by atoms with E-state index in [0.717, 1.165) is 5.57 Å². The number of hydrogen-bond donors (Lipinski definition) is 2. The molecule has 2 rings (SSSR count). The average molecular weight is 309 g/mol. The van der Waals surface area contributed by atoms with Crippen LogP contribution in [0.5, 0.6) is 0 Å². The lowest BCUT2D eigenvalue weighted by molar-refractivity contribution is -0.136. The number of fused-ring (bicyclic) bond motifs is 1. The molecule has 0 saturated carbocycles. The summed E-state index contributed by atoms with van der Waals surface area (Å²) in [4.78, 5) is 22.4. The predicted molar refractivity (Wildman–Crippen MR) is 77.6 cm³/mol. The summed E-state index contributed by atoms with van der Waals surface area (Å²) in [7, 11) is -3.69. The number of nitrogens with one attached hydrogen (secondary N) is 1. The largest absolute Gasteiger partial charge is 0.481 e. The molecule has 0 radical (unpaired) electrons. The number of anilines is 1. The number of carbonyl (C=O) groups is 2. The molecule has 0 aromatic heterocycles. The highest BCUT2D eigenvalue weighted by Gasteiger charge is 2.27. The van der Waals surface area contributed by atoms with Crippen LogP contribution in [-0.2, 0) is 19.4 Å². The smallest absolute Gasteiger partial charge is 0.304 e. The molecule has 0 atom stereocenters. The zero-order valence-corrected chi connectivity index (χ0v) is 12.5. The van der Waals surface area contributed by atoms with Crippen LogP contribution >= 0.6 is 0 Å². The fraction of sp³-hybridized carbons (Fsp3) is 0.286. The van der Waals surface area contributed by atoms with E-state index in [1.165, 1.54) is 18.2 Å². The number of carbonyl (C=O) groups excluding carboxylic acids is 1. The maximum Gasteiger partial charge on any atom is 0.304 e. The molecule has 0 spiro atoms. The lowest BCUT2D eigenvalue weighted by Crippen LogP contribution is -2.11. The van der Waals surface area contributed by atoms with E-state index in [-0.39, 0.29) is 10.8 Å². The van der Waals surface area contributed by atoms with Gasteiger partial charge in [0, 0.05) is 16.8 Å². The maximum atomic E-state index is 12.1. The van der Waals surface area contributed by atoms with Gasteiger partial charge in [0.05, 0.1) is 17.1 Å². The third-order valence-electron chi connectivity index (χ3n) is 3.18. The average Bonchev–Trinajstić information content (AvgIpc) is 2.71. The van der Waals surface area contributed by atoms with Gasteiger partial charge in [-0.2, -0.15) is 0 Å². The van der Waals surface area contributed by atoms with Gasteiger partial charge in [-0.25, -0.2) is 8.42 Å². The lowest BCUT2D eigenvalue weighted by Gasteiger charge is -2.06. The molecule has 2 N–H and O–H groups in total. The molecule has 0 fully saturated rings. The van der Waals surface area contributed by atoms with E-state index in [1.54, 1.807) is 13.8 Å². The van der Waals surface area contributed by atoms with Gasteiger partial charge in [-0.05, 0) is 32.0 Å². The molecule has 1 aromatic rings. The Bertz CT molecular complexity index is 758. The van der Waals surface area contributed by atoms with Crippen molar-refractivity contribution in [1.82, 2.24) is 0 Å². The van der Waals surface area contributed by atoms with Gasteiger partial charge >= 0.3 is 5.97 Å². The van der Waals surface area contributed by atoms with E-state index in [9.17, 15) is 18.0 Å². The minimum absolute atomic E-state index is 0.0257. The first-order valence-corrected chi connectivity index (χ1v) is 7.95. The van der Waals surface area contributed by atoms with Crippen molar-refractivity contribution in [2.45, 2.75) is 25.2 Å². The van der Waals surface area contributed by atoms with Crippen molar-refractivity contribution in [2.75, 3.05) is 11.1 Å². The molecule has 1 aromatic carbocycles. The first-order chi connectivity index (χ1) is 9.72. The number of amides is 1. The summed E-state index contributed by atoms with van der Waals surface area (Å²) in [6.45, 7) is 3.55. The SMILES string of the molecule is CC(C)=C1C(=O)Nc2ccc(S(=O)(=O)CCC(=O)O)cc21. The summed E-state index contributed by atoms with van der Waals surface area (Å²) >= 11 is 0. The number of carboxylic acids is 1. The number of hydrogen-bond acceptors (Lipinski definition) is 4. The molecule has 1 aliphatic rings. The number of carboxylic acid groups (broad SMARTS) is 1. The van der Waals surface area contributed by atoms with Gasteiger partial charge < -0.3 is 10.4 Å². The normalized spacial score (nSPS) is 13.8. The van der Waals surface area contributed by atoms with Gasteiger partial charge in [0.15, 0.2) is 9.84 Å². The number of aliphatic carboxylic acids is 1. The monoisotopic (exact) mass is 309 g/mol. The molecule has 112 valence electrons. The maximum absolute atomic E-state index is 12.1. The Kier molecular flexibility index (Phi) is 3.87. The van der Waals surface area contributed by atoms with Crippen LogP contribution in [0.4, 0.5) is 5.69 Å². The van der Waals surface area contributed by atoms with Crippen molar-refractivity contribution >= 4 is 33.0 Å². The number of rotatable bonds is 4. The van der Waals surface area contributed by atoms with Gasteiger partial charge in [0.2, 0.25) is 0 Å². The van der Waals surface area contributed by atoms with Crippen molar-refractivity contribution in [3.63, 3.8) is 0 Å². The number of benzene rings is 1. The van der Waals surface area contributed by atoms with Crippen molar-refractivity contribution < 1.29 is 23.1 Å². The molecule has 21 heavy (non-hydrogen) atoms. The first kappa shape index (κ1) is 15.2. The van der Waals surface area contributed by atoms with Gasteiger partial charge in [-0.3, -0.25) is 9.59 Å². The van der Waals surface area contributed by atoms with Crippen LogP contribution in [0.15, 0.2) is 28.7 Å². The number of allylic oxidation sites excluding steroid dienone is 1. The van der Waals surface area contributed by atoms with Gasteiger partial charge in [-0.15, -0.1) is 0 Å². The molecular formula is C14H15NO5S. The van der Waals surface area contributed by atoms with Crippen LogP contribution in [-0.4, -0.2) is 31.2 Å². The highest BCUT2D eigenvalue weighted by Crippen LogP contribution is 2.35. The van der Waals surface area contributed by atoms with E-state index in [2.05, 4.69) is 5.32 Å². The van der Waals surface area contributed by atoms with Crippen LogP contribution in [0.2, 0.25) is 0 Å². The second-order valence-electron chi connectivity index (χ2n) is 5.00. The molecule has 1 heterocycles. The molecule has 6 nitrogen and oxygen atoms in total. The van der Waals surface area contributed by atoms with Crippen molar-refractivity contribution in [1.29, 1.82) is 0 Å². The Balaban J connectivity index is 2.46. The molecule has 0 unspecified atom stereocenters. The number of sulfone groups is 1. The minimum Gasteiger partial charge on any atom is -0.481 e. The summed E-state index contributed by atoms with van der Waals surface area (Å²) in [5.74, 6) is -1.89. The molecule has 7 heteroatoms. The molecule has 1 aliphatic heterocycles. The highest BCUT2D eigenvalue weighted by atomic mass is 32.2. The van der Waals surface area contributed by atoms with Crippen LogP contribution in [0, 0.1) is 0 Å². The van der Waals surface area contributed by atoms with E-state index in [4.69, 9.17) is 5.11 Å². The molecule has 1 amide bonds. The van der Waals surface area contributed by atoms with E-state index >= 15 is 0 Å². The van der Waals surface area contributed by atoms with Crippen molar-refractivity contribution in [3.05, 3.63) is 29.3 Å². The van der Waals surface area contributed by atoms with Crippen LogP contribution in [0.25, 0.3) is 5.57 Å². The Morgan fingerprint density at radius 2 is 1.95 bits per heavy atom. The zero-order valence-electron chi connectivity index (χ0n) is 11.6. The topological polar surface area (TPSA) is 101 Å². The van der Waals surface area contributed by atoms with E-state index in [0.29, 0.717) is 16.8 Å². The summed E-state index contributed by atoms with van der Waals surface area (Å²) < 4.78 is 24.2. The standard InChI is InChI=1S/C14H15NO5S/c1-8(2)13-10-7-9(3-4-11(10)15-14(13)18)21(19,20)6-5-12(16)17/h3-4,7H,5-6H2,1-2H3,(H,15,18)(H,16,17). The summed E-state index contributed by atoms with van der Waals surface area (Å²) in [6, 6.07) is 4.33. The van der Waals surface area contributed by atoms with Gasteiger partial charge in [0.1, 0.15) is 0 Å².